The monoisotopic (exact) mass is 244 g/mol. The van der Waals surface area contributed by atoms with Crippen LogP contribution in [0.15, 0.2) is 0 Å². The molecular weight excluding hydrogens is 224 g/mol. The Morgan fingerprint density at radius 3 is 2.41 bits per heavy atom. The highest BCUT2D eigenvalue weighted by Crippen LogP contribution is 2.14. The van der Waals surface area contributed by atoms with E-state index in [2.05, 4.69) is 0 Å². The second-order valence-corrected chi connectivity index (χ2v) is 4.14. The molecule has 1 saturated heterocycles. The van der Waals surface area contributed by atoms with Crippen LogP contribution in [0.3, 0.4) is 0 Å². The number of hydrogen-bond acceptors (Lipinski definition) is 3. The van der Waals surface area contributed by atoms with Crippen LogP contribution in [0.5, 0.6) is 0 Å². The Morgan fingerprint density at radius 2 is 1.94 bits per heavy atom. The van der Waals surface area contributed by atoms with Crippen molar-refractivity contribution in [2.45, 2.75) is 25.8 Å². The number of carbonyl (C=O) groups excluding carboxylic acids is 1. The number of carbonyl (C=O) groups is 2. The minimum Gasteiger partial charge on any atom is -0.480 e. The number of carboxylic acid groups (broad SMARTS) is 1. The first-order valence-electron chi connectivity index (χ1n) is 5.87. The maximum Gasteiger partial charge on any atom is 0.323 e. The molecule has 6 heteroatoms. The summed E-state index contributed by atoms with van der Waals surface area (Å²) in [5.41, 5.74) is 0. The van der Waals surface area contributed by atoms with Crippen molar-refractivity contribution in [3.05, 3.63) is 0 Å². The first-order valence-corrected chi connectivity index (χ1v) is 5.87. The Balaban J connectivity index is 2.56. The minimum atomic E-state index is -0.986. The van der Waals surface area contributed by atoms with Crippen LogP contribution in [0.2, 0.25) is 0 Å². The maximum atomic E-state index is 12.1. The van der Waals surface area contributed by atoms with E-state index < -0.39 is 5.97 Å². The van der Waals surface area contributed by atoms with Crippen LogP contribution in [0, 0.1) is 0 Å². The molecule has 1 aliphatic heterocycles. The van der Waals surface area contributed by atoms with E-state index in [4.69, 9.17) is 9.84 Å². The number of ether oxygens (including phenoxy) is 1. The highest BCUT2D eigenvalue weighted by molar-refractivity contribution is 5.80. The lowest BCUT2D eigenvalue weighted by Gasteiger charge is -2.34. The molecular formula is C11H20N2O4. The van der Waals surface area contributed by atoms with Gasteiger partial charge in [-0.15, -0.1) is 0 Å². The average Bonchev–Trinajstić information content (AvgIpc) is 2.35. The molecule has 0 aliphatic carbocycles. The lowest BCUT2D eigenvalue weighted by Crippen LogP contribution is -2.49. The van der Waals surface area contributed by atoms with Crippen LogP contribution in [0.25, 0.3) is 0 Å². The molecule has 0 saturated carbocycles. The summed E-state index contributed by atoms with van der Waals surface area (Å²) in [5, 5.41) is 8.72. The summed E-state index contributed by atoms with van der Waals surface area (Å²) in [6.45, 7) is 3.25. The number of likely N-dealkylation sites (N-methyl/N-ethyl adjacent to an activating group) is 1. The van der Waals surface area contributed by atoms with Gasteiger partial charge in [0.05, 0.1) is 0 Å². The molecule has 0 unspecified atom stereocenters. The molecule has 6 nitrogen and oxygen atoms in total. The standard InChI is InChI=1S/C11H20N2O4/c1-3-13(8-10(14)15)11(16)12(2)9-4-6-17-7-5-9/h9H,3-8H2,1-2H3,(H,14,15). The first kappa shape index (κ1) is 13.8. The van der Waals surface area contributed by atoms with E-state index in [1.165, 1.54) is 4.90 Å². The molecule has 0 aromatic carbocycles. The molecule has 1 N–H and O–H groups in total. The van der Waals surface area contributed by atoms with Gasteiger partial charge in [0.15, 0.2) is 0 Å². The van der Waals surface area contributed by atoms with Gasteiger partial charge in [0, 0.05) is 32.8 Å². The van der Waals surface area contributed by atoms with Crippen molar-refractivity contribution in [2.75, 3.05) is 33.4 Å². The second kappa shape index (κ2) is 6.44. The SMILES string of the molecule is CCN(CC(=O)O)C(=O)N(C)C1CCOCC1. The van der Waals surface area contributed by atoms with Crippen LogP contribution < -0.4 is 0 Å². The van der Waals surface area contributed by atoms with E-state index in [-0.39, 0.29) is 18.6 Å². The van der Waals surface area contributed by atoms with Gasteiger partial charge in [-0.3, -0.25) is 4.79 Å². The Bertz CT molecular complexity index is 277. The van der Waals surface area contributed by atoms with Gasteiger partial charge < -0.3 is 19.6 Å². The second-order valence-electron chi connectivity index (χ2n) is 4.14. The molecule has 2 amide bonds. The third kappa shape index (κ3) is 3.89. The molecule has 17 heavy (non-hydrogen) atoms. The number of rotatable bonds is 4. The van der Waals surface area contributed by atoms with E-state index in [1.54, 1.807) is 18.9 Å². The van der Waals surface area contributed by atoms with Gasteiger partial charge in [-0.25, -0.2) is 4.79 Å². The molecule has 0 aromatic rings. The summed E-state index contributed by atoms with van der Waals surface area (Å²) >= 11 is 0. The summed E-state index contributed by atoms with van der Waals surface area (Å²) in [5.74, 6) is -0.986. The summed E-state index contributed by atoms with van der Waals surface area (Å²) < 4.78 is 5.24. The van der Waals surface area contributed by atoms with Gasteiger partial charge >= 0.3 is 12.0 Å². The van der Waals surface area contributed by atoms with Crippen LogP contribution in [0.1, 0.15) is 19.8 Å². The lowest BCUT2D eigenvalue weighted by atomic mass is 10.1. The van der Waals surface area contributed by atoms with E-state index in [9.17, 15) is 9.59 Å². The van der Waals surface area contributed by atoms with Crippen LogP contribution in [-0.4, -0.2) is 66.3 Å². The van der Waals surface area contributed by atoms with Crippen molar-refractivity contribution in [3.63, 3.8) is 0 Å². The normalized spacial score (nSPS) is 16.6. The third-order valence-electron chi connectivity index (χ3n) is 3.02. The summed E-state index contributed by atoms with van der Waals surface area (Å²) in [7, 11) is 1.73. The average molecular weight is 244 g/mol. The predicted octanol–water partition coefficient (Wildman–Crippen LogP) is 0.624. The van der Waals surface area contributed by atoms with Crippen molar-refractivity contribution in [1.82, 2.24) is 9.80 Å². The number of urea groups is 1. The zero-order valence-corrected chi connectivity index (χ0v) is 10.4. The molecule has 1 fully saturated rings. The third-order valence-corrected chi connectivity index (χ3v) is 3.02. The smallest absolute Gasteiger partial charge is 0.323 e. The molecule has 1 aliphatic rings. The van der Waals surface area contributed by atoms with Gasteiger partial charge in [-0.1, -0.05) is 0 Å². The molecule has 0 radical (unpaired) electrons. The van der Waals surface area contributed by atoms with Crippen LogP contribution in [0.4, 0.5) is 4.79 Å². The number of amides is 2. The van der Waals surface area contributed by atoms with Crippen molar-refractivity contribution in [3.8, 4) is 0 Å². The van der Waals surface area contributed by atoms with Crippen molar-refractivity contribution < 1.29 is 19.4 Å². The Labute approximate surface area is 101 Å². The van der Waals surface area contributed by atoms with Gasteiger partial charge in [-0.05, 0) is 19.8 Å². The number of aliphatic carboxylic acids is 1. The van der Waals surface area contributed by atoms with Crippen LogP contribution in [-0.2, 0) is 9.53 Å². The Kier molecular flexibility index (Phi) is 5.21. The first-order chi connectivity index (χ1) is 8.06. The van der Waals surface area contributed by atoms with E-state index in [0.717, 1.165) is 12.8 Å². The zero-order chi connectivity index (χ0) is 12.8. The zero-order valence-electron chi connectivity index (χ0n) is 10.4. The van der Waals surface area contributed by atoms with Gasteiger partial charge in [0.1, 0.15) is 6.54 Å². The van der Waals surface area contributed by atoms with Crippen molar-refractivity contribution in [1.29, 1.82) is 0 Å². The fraction of sp³-hybridized carbons (Fsp3) is 0.818. The van der Waals surface area contributed by atoms with E-state index in [1.807, 2.05) is 0 Å². The molecule has 0 spiro atoms. The highest BCUT2D eigenvalue weighted by atomic mass is 16.5. The van der Waals surface area contributed by atoms with Gasteiger partial charge in [0.25, 0.3) is 0 Å². The molecule has 0 bridgehead atoms. The fourth-order valence-corrected chi connectivity index (χ4v) is 1.93. The fourth-order valence-electron chi connectivity index (χ4n) is 1.93. The quantitative estimate of drug-likeness (QED) is 0.787. The number of hydrogen-bond donors (Lipinski definition) is 1. The molecule has 0 atom stereocenters. The van der Waals surface area contributed by atoms with Crippen molar-refractivity contribution >= 4 is 12.0 Å². The number of nitrogens with zero attached hydrogens (tertiary/aromatic N) is 2. The summed E-state index contributed by atoms with van der Waals surface area (Å²) in [6.07, 6.45) is 1.62. The summed E-state index contributed by atoms with van der Waals surface area (Å²) in [6, 6.07) is -0.0686. The maximum absolute atomic E-state index is 12.1. The Morgan fingerprint density at radius 1 is 1.35 bits per heavy atom. The number of carboxylic acids is 1. The lowest BCUT2D eigenvalue weighted by molar-refractivity contribution is -0.137. The van der Waals surface area contributed by atoms with E-state index >= 15 is 0 Å². The summed E-state index contributed by atoms with van der Waals surface area (Å²) in [4.78, 5) is 25.7. The topological polar surface area (TPSA) is 70.1 Å². The molecule has 0 aromatic heterocycles. The predicted molar refractivity (Wildman–Crippen MR) is 61.9 cm³/mol. The largest absolute Gasteiger partial charge is 0.480 e. The molecule has 98 valence electrons. The van der Waals surface area contributed by atoms with E-state index in [0.29, 0.717) is 19.8 Å². The Hall–Kier alpha value is -1.30. The van der Waals surface area contributed by atoms with Crippen LogP contribution >= 0.6 is 0 Å². The van der Waals surface area contributed by atoms with Crippen molar-refractivity contribution in [2.24, 2.45) is 0 Å². The molecule has 1 heterocycles. The van der Waals surface area contributed by atoms with Gasteiger partial charge in [0.2, 0.25) is 0 Å². The highest BCUT2D eigenvalue weighted by Gasteiger charge is 2.26. The molecule has 1 rings (SSSR count). The van der Waals surface area contributed by atoms with Gasteiger partial charge in [-0.2, -0.15) is 0 Å². The minimum absolute atomic E-state index is 0.152.